The maximum atomic E-state index is 4.53. The van der Waals surface area contributed by atoms with Gasteiger partial charge in [0.1, 0.15) is 0 Å². The summed E-state index contributed by atoms with van der Waals surface area (Å²) in [5.41, 5.74) is 7.86. The van der Waals surface area contributed by atoms with Crippen molar-refractivity contribution < 1.29 is 0 Å². The Bertz CT molecular complexity index is 1210. The van der Waals surface area contributed by atoms with E-state index in [-0.39, 0.29) is 0 Å². The minimum atomic E-state index is 1.02. The highest BCUT2D eigenvalue weighted by Crippen LogP contribution is 2.37. The van der Waals surface area contributed by atoms with Gasteiger partial charge in [0.25, 0.3) is 0 Å². The second kappa shape index (κ2) is 8.20. The molecule has 0 bridgehead atoms. The Morgan fingerprint density at radius 3 is 2.48 bits per heavy atom. The highest BCUT2D eigenvalue weighted by Gasteiger charge is 2.14. The zero-order valence-electron chi connectivity index (χ0n) is 16.9. The zero-order chi connectivity index (χ0) is 20.2. The number of aryl methyl sites for hydroxylation is 1. The molecule has 0 aliphatic heterocycles. The van der Waals surface area contributed by atoms with Gasteiger partial charge in [-0.2, -0.15) is 0 Å². The van der Waals surface area contributed by atoms with Crippen LogP contribution in [-0.2, 0) is 0 Å². The van der Waals surface area contributed by atoms with E-state index in [4.69, 9.17) is 0 Å². The molecule has 29 heavy (non-hydrogen) atoms. The zero-order valence-corrected chi connectivity index (χ0v) is 16.9. The molecule has 0 spiro atoms. The Labute approximate surface area is 173 Å². The molecule has 0 amide bonds. The number of allylic oxidation sites excluding steroid dienone is 1. The van der Waals surface area contributed by atoms with E-state index in [0.29, 0.717) is 0 Å². The van der Waals surface area contributed by atoms with Crippen molar-refractivity contribution in [3.05, 3.63) is 120 Å². The van der Waals surface area contributed by atoms with Crippen molar-refractivity contribution in [2.24, 2.45) is 0 Å². The molecule has 0 radical (unpaired) electrons. The second-order valence-electron chi connectivity index (χ2n) is 7.27. The van der Waals surface area contributed by atoms with Gasteiger partial charge in [0.15, 0.2) is 0 Å². The van der Waals surface area contributed by atoms with E-state index in [9.17, 15) is 0 Å². The van der Waals surface area contributed by atoms with Crippen molar-refractivity contribution in [3.63, 3.8) is 0 Å². The van der Waals surface area contributed by atoms with Crippen LogP contribution in [0.15, 0.2) is 97.6 Å². The van der Waals surface area contributed by atoms with Gasteiger partial charge in [0, 0.05) is 16.9 Å². The van der Waals surface area contributed by atoms with Crippen LogP contribution in [0.25, 0.3) is 22.4 Å². The molecule has 0 aliphatic carbocycles. The summed E-state index contributed by atoms with van der Waals surface area (Å²) in [6.07, 6.45) is 4.21. The molecule has 1 N–H and O–H groups in total. The summed E-state index contributed by atoms with van der Waals surface area (Å²) in [7, 11) is 0. The van der Waals surface area contributed by atoms with E-state index in [0.717, 1.165) is 28.1 Å². The van der Waals surface area contributed by atoms with Gasteiger partial charge >= 0.3 is 0 Å². The first-order valence-corrected chi connectivity index (χ1v) is 9.94. The second-order valence-corrected chi connectivity index (χ2v) is 7.27. The molecule has 1 nitrogen and oxygen atoms in total. The van der Waals surface area contributed by atoms with Crippen LogP contribution < -0.4 is 5.32 Å². The van der Waals surface area contributed by atoms with Crippen LogP contribution in [0.5, 0.6) is 0 Å². The average molecular weight is 376 g/mol. The summed E-state index contributed by atoms with van der Waals surface area (Å²) >= 11 is 0. The monoisotopic (exact) mass is 375 g/mol. The van der Waals surface area contributed by atoms with E-state index in [2.05, 4.69) is 116 Å². The maximum Gasteiger partial charge on any atom is 0.0470 e. The minimum Gasteiger partial charge on any atom is -0.355 e. The Balaban J connectivity index is 1.91. The first kappa shape index (κ1) is 18.8. The summed E-state index contributed by atoms with van der Waals surface area (Å²) in [5.74, 6) is 0. The molecule has 0 atom stereocenters. The van der Waals surface area contributed by atoms with Gasteiger partial charge < -0.3 is 5.32 Å². The van der Waals surface area contributed by atoms with Crippen LogP contribution >= 0.6 is 0 Å². The highest BCUT2D eigenvalue weighted by molar-refractivity contribution is 6.03. The van der Waals surface area contributed by atoms with Crippen molar-refractivity contribution in [1.29, 1.82) is 0 Å². The Hall–Kier alpha value is -3.58. The van der Waals surface area contributed by atoms with E-state index >= 15 is 0 Å². The molecule has 0 heterocycles. The minimum absolute atomic E-state index is 1.02. The first-order valence-electron chi connectivity index (χ1n) is 9.94. The number of anilines is 2. The SMILES string of the molecule is C=C(c1ccccc1/C=C\C)c1c(Nc2cccc(C)c2)ccc2ccccc12. The first-order chi connectivity index (χ1) is 14.2. The normalized spacial score (nSPS) is 11.1. The molecule has 0 saturated heterocycles. The molecule has 0 aromatic heterocycles. The molecule has 4 aromatic carbocycles. The Morgan fingerprint density at radius 2 is 1.66 bits per heavy atom. The molecule has 1 heteroatoms. The van der Waals surface area contributed by atoms with Crippen LogP contribution in [0.4, 0.5) is 11.4 Å². The summed E-state index contributed by atoms with van der Waals surface area (Å²) in [6, 6.07) is 29.7. The van der Waals surface area contributed by atoms with Crippen molar-refractivity contribution in [3.8, 4) is 0 Å². The van der Waals surface area contributed by atoms with Gasteiger partial charge in [0.2, 0.25) is 0 Å². The molecule has 142 valence electrons. The van der Waals surface area contributed by atoms with E-state index in [1.807, 2.05) is 6.92 Å². The molecule has 4 rings (SSSR count). The van der Waals surface area contributed by atoms with Gasteiger partial charge in [-0.1, -0.05) is 85.5 Å². The van der Waals surface area contributed by atoms with Gasteiger partial charge in [-0.25, -0.2) is 0 Å². The van der Waals surface area contributed by atoms with Gasteiger partial charge in [-0.15, -0.1) is 0 Å². The third-order valence-corrected chi connectivity index (χ3v) is 5.16. The number of hydrogen-bond donors (Lipinski definition) is 1. The molecule has 4 aromatic rings. The number of benzene rings is 4. The van der Waals surface area contributed by atoms with E-state index in [1.54, 1.807) is 0 Å². The van der Waals surface area contributed by atoms with Crippen LogP contribution in [0.3, 0.4) is 0 Å². The topological polar surface area (TPSA) is 12.0 Å². The fourth-order valence-corrected chi connectivity index (χ4v) is 3.81. The highest BCUT2D eigenvalue weighted by atomic mass is 14.9. The van der Waals surface area contributed by atoms with Crippen molar-refractivity contribution in [1.82, 2.24) is 0 Å². The smallest absolute Gasteiger partial charge is 0.0470 e. The van der Waals surface area contributed by atoms with Gasteiger partial charge in [0.05, 0.1) is 0 Å². The lowest BCUT2D eigenvalue weighted by Crippen LogP contribution is -1.99. The fourth-order valence-electron chi connectivity index (χ4n) is 3.81. The maximum absolute atomic E-state index is 4.53. The lowest BCUT2D eigenvalue weighted by Gasteiger charge is -2.19. The lowest BCUT2D eigenvalue weighted by atomic mass is 9.90. The molecule has 0 aliphatic rings. The van der Waals surface area contributed by atoms with Crippen molar-refractivity contribution in [2.45, 2.75) is 13.8 Å². The Kier molecular flexibility index (Phi) is 5.31. The number of nitrogens with one attached hydrogen (secondary N) is 1. The lowest BCUT2D eigenvalue weighted by molar-refractivity contribution is 1.45. The van der Waals surface area contributed by atoms with Gasteiger partial charge in [-0.05, 0) is 65.1 Å². The van der Waals surface area contributed by atoms with Crippen molar-refractivity contribution in [2.75, 3.05) is 5.32 Å². The van der Waals surface area contributed by atoms with Crippen LogP contribution in [0.2, 0.25) is 0 Å². The summed E-state index contributed by atoms with van der Waals surface area (Å²) in [4.78, 5) is 0. The predicted molar refractivity (Wildman–Crippen MR) is 128 cm³/mol. The largest absolute Gasteiger partial charge is 0.355 e. The average Bonchev–Trinajstić information content (AvgIpc) is 2.74. The van der Waals surface area contributed by atoms with E-state index < -0.39 is 0 Å². The number of fused-ring (bicyclic) bond motifs is 1. The van der Waals surface area contributed by atoms with Crippen LogP contribution in [0.1, 0.15) is 29.2 Å². The van der Waals surface area contributed by atoms with Gasteiger partial charge in [-0.3, -0.25) is 0 Å². The molecular formula is C28H25N. The molecule has 0 saturated carbocycles. The standard InChI is InChI=1S/C28H25N/c1-4-10-22-12-5-7-15-25(22)21(3)28-26-16-8-6-13-23(26)17-18-27(28)29-24-14-9-11-20(2)19-24/h4-19,29H,3H2,1-2H3/b10-4-. The predicted octanol–water partition coefficient (Wildman–Crippen LogP) is 7.99. The fraction of sp³-hybridized carbons (Fsp3) is 0.0714. The third kappa shape index (κ3) is 3.86. The quantitative estimate of drug-likeness (QED) is 0.373. The van der Waals surface area contributed by atoms with E-state index in [1.165, 1.54) is 21.9 Å². The molecule has 0 fully saturated rings. The van der Waals surface area contributed by atoms with Crippen LogP contribution in [0, 0.1) is 6.92 Å². The summed E-state index contributed by atoms with van der Waals surface area (Å²) in [6.45, 7) is 8.69. The number of rotatable bonds is 5. The summed E-state index contributed by atoms with van der Waals surface area (Å²) < 4.78 is 0. The summed E-state index contributed by atoms with van der Waals surface area (Å²) in [5, 5.41) is 6.04. The molecular weight excluding hydrogens is 350 g/mol. The Morgan fingerprint density at radius 1 is 0.862 bits per heavy atom. The van der Waals surface area contributed by atoms with Crippen molar-refractivity contribution >= 4 is 33.8 Å². The number of hydrogen-bond acceptors (Lipinski definition) is 1. The third-order valence-electron chi connectivity index (χ3n) is 5.16. The van der Waals surface area contributed by atoms with Crippen LogP contribution in [-0.4, -0.2) is 0 Å². The molecule has 0 unspecified atom stereocenters.